The molecule has 5 heteroatoms. The molecule has 1 aromatic carbocycles. The van der Waals surface area contributed by atoms with E-state index in [9.17, 15) is 4.79 Å². The standard InChI is InChI=1S/C11H14N4O/c1-9-5-3-4-6-10(9)8-15(2)11(16)7-13-14-12/h3-6H,7-8H2,1-2H3. The van der Waals surface area contributed by atoms with Crippen molar-refractivity contribution in [1.82, 2.24) is 4.90 Å². The lowest BCUT2D eigenvalue weighted by Crippen LogP contribution is -2.28. The molecular weight excluding hydrogens is 204 g/mol. The maximum Gasteiger partial charge on any atom is 0.228 e. The number of rotatable bonds is 4. The maximum atomic E-state index is 11.5. The molecule has 84 valence electrons. The van der Waals surface area contributed by atoms with E-state index in [0.717, 1.165) is 11.1 Å². The number of carbonyl (C=O) groups excluding carboxylic acids is 1. The quantitative estimate of drug-likeness (QED) is 0.434. The van der Waals surface area contributed by atoms with Crippen LogP contribution in [0, 0.1) is 6.92 Å². The van der Waals surface area contributed by atoms with Crippen LogP contribution in [-0.4, -0.2) is 24.4 Å². The van der Waals surface area contributed by atoms with Crippen LogP contribution in [0.4, 0.5) is 0 Å². The summed E-state index contributed by atoms with van der Waals surface area (Å²) in [5.74, 6) is -0.180. The zero-order valence-electron chi connectivity index (χ0n) is 9.42. The van der Waals surface area contributed by atoms with E-state index >= 15 is 0 Å². The van der Waals surface area contributed by atoms with Crippen LogP contribution in [0.2, 0.25) is 0 Å². The van der Waals surface area contributed by atoms with E-state index in [0.29, 0.717) is 6.54 Å². The fourth-order valence-corrected chi connectivity index (χ4v) is 1.34. The number of amides is 1. The molecule has 1 rings (SSSR count). The fraction of sp³-hybridized carbons (Fsp3) is 0.364. The van der Waals surface area contributed by atoms with Gasteiger partial charge in [0, 0.05) is 18.5 Å². The highest BCUT2D eigenvalue weighted by molar-refractivity contribution is 5.78. The van der Waals surface area contributed by atoms with Crippen LogP contribution in [0.15, 0.2) is 29.4 Å². The van der Waals surface area contributed by atoms with Crippen molar-refractivity contribution in [2.45, 2.75) is 13.5 Å². The van der Waals surface area contributed by atoms with E-state index < -0.39 is 0 Å². The molecule has 0 saturated carbocycles. The Morgan fingerprint density at radius 2 is 2.19 bits per heavy atom. The maximum absolute atomic E-state index is 11.5. The highest BCUT2D eigenvalue weighted by atomic mass is 16.2. The van der Waals surface area contributed by atoms with Crippen LogP contribution < -0.4 is 0 Å². The van der Waals surface area contributed by atoms with Crippen molar-refractivity contribution in [3.63, 3.8) is 0 Å². The van der Waals surface area contributed by atoms with Gasteiger partial charge in [-0.3, -0.25) is 4.79 Å². The van der Waals surface area contributed by atoms with Gasteiger partial charge in [0.15, 0.2) is 0 Å². The predicted octanol–water partition coefficient (Wildman–Crippen LogP) is 2.26. The molecule has 0 aliphatic rings. The molecule has 0 bridgehead atoms. The van der Waals surface area contributed by atoms with Gasteiger partial charge in [-0.25, -0.2) is 0 Å². The minimum Gasteiger partial charge on any atom is -0.341 e. The third kappa shape index (κ3) is 3.29. The molecule has 0 radical (unpaired) electrons. The average molecular weight is 218 g/mol. The molecule has 0 aromatic heterocycles. The van der Waals surface area contributed by atoms with Crippen molar-refractivity contribution >= 4 is 5.91 Å². The molecule has 0 N–H and O–H groups in total. The molecule has 1 aromatic rings. The SMILES string of the molecule is Cc1ccccc1CN(C)C(=O)CN=[N+]=[N-]. The third-order valence-corrected chi connectivity index (χ3v) is 2.36. The van der Waals surface area contributed by atoms with Crippen LogP contribution in [-0.2, 0) is 11.3 Å². The Hall–Kier alpha value is -2.00. The van der Waals surface area contributed by atoms with Crippen LogP contribution in [0.5, 0.6) is 0 Å². The molecule has 0 heterocycles. The highest BCUT2D eigenvalue weighted by Gasteiger charge is 2.08. The highest BCUT2D eigenvalue weighted by Crippen LogP contribution is 2.09. The van der Waals surface area contributed by atoms with Gasteiger partial charge in [0.25, 0.3) is 0 Å². The predicted molar refractivity (Wildman–Crippen MR) is 61.7 cm³/mol. The monoisotopic (exact) mass is 218 g/mol. The van der Waals surface area contributed by atoms with Crippen molar-refractivity contribution < 1.29 is 4.79 Å². The number of azide groups is 1. The Labute approximate surface area is 94.3 Å². The van der Waals surface area contributed by atoms with Gasteiger partial charge in [-0.15, -0.1) is 0 Å². The molecule has 0 fully saturated rings. The summed E-state index contributed by atoms with van der Waals surface area (Å²) in [4.78, 5) is 15.6. The van der Waals surface area contributed by atoms with E-state index in [1.165, 1.54) is 0 Å². The molecule has 0 spiro atoms. The first-order chi connectivity index (χ1) is 7.65. The van der Waals surface area contributed by atoms with E-state index in [1.54, 1.807) is 11.9 Å². The molecule has 0 aliphatic carbocycles. The normalized spacial score (nSPS) is 9.38. The van der Waals surface area contributed by atoms with Gasteiger partial charge < -0.3 is 4.90 Å². The summed E-state index contributed by atoms with van der Waals surface area (Å²) in [7, 11) is 1.70. The van der Waals surface area contributed by atoms with Gasteiger partial charge in [-0.05, 0) is 23.6 Å². The molecule has 1 amide bonds. The number of nitrogens with zero attached hydrogens (tertiary/aromatic N) is 4. The first kappa shape index (κ1) is 12.1. The Balaban J connectivity index is 2.64. The van der Waals surface area contributed by atoms with Crippen molar-refractivity contribution in [3.8, 4) is 0 Å². The van der Waals surface area contributed by atoms with E-state index in [2.05, 4.69) is 10.0 Å². The number of hydrogen-bond donors (Lipinski definition) is 0. The molecule has 0 saturated heterocycles. The number of likely N-dealkylation sites (N-methyl/N-ethyl adjacent to an activating group) is 1. The second kappa shape index (κ2) is 5.78. The van der Waals surface area contributed by atoms with Crippen LogP contribution in [0.1, 0.15) is 11.1 Å². The lowest BCUT2D eigenvalue weighted by atomic mass is 10.1. The van der Waals surface area contributed by atoms with Crippen LogP contribution >= 0.6 is 0 Å². The summed E-state index contributed by atoms with van der Waals surface area (Å²) < 4.78 is 0. The lowest BCUT2D eigenvalue weighted by molar-refractivity contribution is -0.128. The summed E-state index contributed by atoms with van der Waals surface area (Å²) in [6, 6.07) is 7.88. The summed E-state index contributed by atoms with van der Waals surface area (Å²) >= 11 is 0. The Morgan fingerprint density at radius 3 is 2.81 bits per heavy atom. The number of carbonyl (C=O) groups is 1. The smallest absolute Gasteiger partial charge is 0.228 e. The molecule has 0 unspecified atom stereocenters. The fourth-order valence-electron chi connectivity index (χ4n) is 1.34. The second-order valence-corrected chi connectivity index (χ2v) is 3.57. The molecular formula is C11H14N4O. The summed E-state index contributed by atoms with van der Waals surface area (Å²) in [6.07, 6.45) is 0. The van der Waals surface area contributed by atoms with E-state index in [-0.39, 0.29) is 12.5 Å². The Kier molecular flexibility index (Phi) is 4.36. The topological polar surface area (TPSA) is 69.1 Å². The molecule has 0 aliphatic heterocycles. The largest absolute Gasteiger partial charge is 0.341 e. The number of aryl methyl sites for hydroxylation is 1. The van der Waals surface area contributed by atoms with Crippen LogP contribution in [0.25, 0.3) is 10.4 Å². The summed E-state index contributed by atoms with van der Waals surface area (Å²) in [5.41, 5.74) is 10.4. The van der Waals surface area contributed by atoms with Crippen LogP contribution in [0.3, 0.4) is 0 Å². The van der Waals surface area contributed by atoms with Gasteiger partial charge in [-0.1, -0.05) is 29.4 Å². The zero-order chi connectivity index (χ0) is 12.0. The lowest BCUT2D eigenvalue weighted by Gasteiger charge is -2.17. The molecule has 5 nitrogen and oxygen atoms in total. The van der Waals surface area contributed by atoms with Gasteiger partial charge >= 0.3 is 0 Å². The van der Waals surface area contributed by atoms with Gasteiger partial charge in [0.05, 0.1) is 0 Å². The summed E-state index contributed by atoms with van der Waals surface area (Å²) in [6.45, 7) is 2.41. The van der Waals surface area contributed by atoms with Gasteiger partial charge in [0.1, 0.15) is 6.54 Å². The van der Waals surface area contributed by atoms with Gasteiger partial charge in [0.2, 0.25) is 5.91 Å². The van der Waals surface area contributed by atoms with E-state index in [4.69, 9.17) is 5.53 Å². The number of hydrogen-bond acceptors (Lipinski definition) is 2. The average Bonchev–Trinajstić information content (AvgIpc) is 2.28. The van der Waals surface area contributed by atoms with Crippen molar-refractivity contribution in [2.75, 3.05) is 13.6 Å². The summed E-state index contributed by atoms with van der Waals surface area (Å²) in [5, 5.41) is 3.25. The molecule has 16 heavy (non-hydrogen) atoms. The minimum absolute atomic E-state index is 0.126. The molecule has 0 atom stereocenters. The van der Waals surface area contributed by atoms with Crippen molar-refractivity contribution in [2.24, 2.45) is 5.11 Å². The minimum atomic E-state index is -0.180. The van der Waals surface area contributed by atoms with Gasteiger partial charge in [-0.2, -0.15) is 0 Å². The number of benzene rings is 1. The first-order valence-electron chi connectivity index (χ1n) is 4.94. The van der Waals surface area contributed by atoms with Crippen molar-refractivity contribution in [1.29, 1.82) is 0 Å². The Morgan fingerprint density at radius 1 is 1.50 bits per heavy atom. The first-order valence-corrected chi connectivity index (χ1v) is 4.94. The van der Waals surface area contributed by atoms with E-state index in [1.807, 2.05) is 31.2 Å². The second-order valence-electron chi connectivity index (χ2n) is 3.57. The van der Waals surface area contributed by atoms with Crippen molar-refractivity contribution in [3.05, 3.63) is 45.8 Å². The Bertz CT molecular complexity index is 424. The third-order valence-electron chi connectivity index (χ3n) is 2.36. The zero-order valence-corrected chi connectivity index (χ0v) is 9.42.